The van der Waals surface area contributed by atoms with Crippen molar-refractivity contribution in [3.05, 3.63) is 53.3 Å². The van der Waals surface area contributed by atoms with Crippen LogP contribution in [0.5, 0.6) is 11.5 Å². The van der Waals surface area contributed by atoms with Gasteiger partial charge in [0.1, 0.15) is 17.3 Å². The van der Waals surface area contributed by atoms with Crippen LogP contribution in [0, 0.1) is 6.92 Å². The van der Waals surface area contributed by atoms with Crippen molar-refractivity contribution in [3.8, 4) is 28.6 Å². The van der Waals surface area contributed by atoms with Gasteiger partial charge < -0.3 is 20.8 Å². The van der Waals surface area contributed by atoms with Crippen molar-refractivity contribution >= 4 is 5.91 Å². The van der Waals surface area contributed by atoms with Gasteiger partial charge >= 0.3 is 0 Å². The molecule has 0 unspecified atom stereocenters. The van der Waals surface area contributed by atoms with Crippen molar-refractivity contribution in [2.45, 2.75) is 33.2 Å². The lowest BCUT2D eigenvalue weighted by Crippen LogP contribution is -2.49. The number of carbonyl (C=O) groups excluding carboxylic acids is 1. The lowest BCUT2D eigenvalue weighted by atomic mass is 9.98. The fraction of sp³-hybridized carbons (Fsp3) is 0.400. The maximum absolute atomic E-state index is 11.8. The first-order valence-electron chi connectivity index (χ1n) is 11.6. The minimum Gasteiger partial charge on any atom is -0.508 e. The van der Waals surface area contributed by atoms with E-state index in [0.717, 1.165) is 30.9 Å². The molecule has 0 spiro atoms. The number of carbonyl (C=O) groups is 1. The maximum atomic E-state index is 11.8. The van der Waals surface area contributed by atoms with E-state index in [2.05, 4.69) is 27.2 Å². The molecule has 1 aliphatic heterocycles. The summed E-state index contributed by atoms with van der Waals surface area (Å²) in [5, 5.41) is 29.3. The van der Waals surface area contributed by atoms with Crippen molar-refractivity contribution in [1.82, 2.24) is 24.6 Å². The monoisotopic (exact) mass is 464 g/mol. The highest BCUT2D eigenvalue weighted by molar-refractivity contribution is 5.78. The molecule has 0 radical (unpaired) electrons. The largest absolute Gasteiger partial charge is 0.508 e. The Kier molecular flexibility index (Phi) is 6.85. The van der Waals surface area contributed by atoms with Gasteiger partial charge in [0.25, 0.3) is 0 Å². The van der Waals surface area contributed by atoms with Crippen LogP contribution in [0.15, 0.2) is 36.4 Å². The number of aromatic hydroxyl groups is 2. The third kappa shape index (κ3) is 4.76. The number of piperazine rings is 1. The van der Waals surface area contributed by atoms with E-state index in [0.29, 0.717) is 30.3 Å². The molecule has 4 N–H and O–H groups in total. The Morgan fingerprint density at radius 3 is 2.32 bits per heavy atom. The summed E-state index contributed by atoms with van der Waals surface area (Å²) in [6, 6.07) is 11.3. The van der Waals surface area contributed by atoms with Gasteiger partial charge in [0.05, 0.1) is 12.1 Å². The van der Waals surface area contributed by atoms with Crippen LogP contribution >= 0.6 is 0 Å². The van der Waals surface area contributed by atoms with Gasteiger partial charge in [-0.2, -0.15) is 0 Å². The van der Waals surface area contributed by atoms with Gasteiger partial charge in [-0.15, -0.1) is 10.2 Å². The number of aryl methyl sites for hydroxylation is 1. The zero-order chi connectivity index (χ0) is 24.4. The number of phenols is 2. The number of phenolic OH excluding ortho intramolecular Hbond substituents is 2. The Bertz CT molecular complexity index is 1160. The quantitative estimate of drug-likeness (QED) is 0.512. The number of rotatable bonds is 6. The molecule has 0 bridgehead atoms. The molecule has 34 heavy (non-hydrogen) atoms. The van der Waals surface area contributed by atoms with Gasteiger partial charge in [-0.1, -0.05) is 26.0 Å². The Labute approximate surface area is 199 Å². The van der Waals surface area contributed by atoms with Crippen LogP contribution in [-0.4, -0.2) is 73.4 Å². The van der Waals surface area contributed by atoms with Crippen LogP contribution in [0.1, 0.15) is 36.7 Å². The van der Waals surface area contributed by atoms with E-state index in [1.54, 1.807) is 6.07 Å². The summed E-state index contributed by atoms with van der Waals surface area (Å²) in [6.07, 6.45) is 0. The summed E-state index contributed by atoms with van der Waals surface area (Å²) in [5.41, 5.74) is 8.79. The van der Waals surface area contributed by atoms with E-state index in [1.807, 2.05) is 42.4 Å². The summed E-state index contributed by atoms with van der Waals surface area (Å²) < 4.78 is 1.90. The average molecular weight is 465 g/mol. The molecule has 1 amide bonds. The first kappa shape index (κ1) is 23.7. The van der Waals surface area contributed by atoms with Gasteiger partial charge in [0.2, 0.25) is 5.91 Å². The van der Waals surface area contributed by atoms with Crippen molar-refractivity contribution in [2.24, 2.45) is 5.73 Å². The predicted octanol–water partition coefficient (Wildman–Crippen LogP) is 2.38. The molecule has 0 saturated carbocycles. The Balaban J connectivity index is 1.54. The van der Waals surface area contributed by atoms with Crippen LogP contribution < -0.4 is 5.73 Å². The van der Waals surface area contributed by atoms with E-state index in [1.165, 1.54) is 11.6 Å². The summed E-state index contributed by atoms with van der Waals surface area (Å²) >= 11 is 0. The summed E-state index contributed by atoms with van der Waals surface area (Å²) in [7, 11) is 0. The van der Waals surface area contributed by atoms with E-state index < -0.39 is 0 Å². The van der Waals surface area contributed by atoms with Crippen LogP contribution in [0.4, 0.5) is 0 Å². The van der Waals surface area contributed by atoms with Crippen LogP contribution in [0.2, 0.25) is 0 Å². The molecule has 9 nitrogen and oxygen atoms in total. The number of hydrogen-bond donors (Lipinski definition) is 3. The number of nitrogens with two attached hydrogens (primary N) is 1. The minimum absolute atomic E-state index is 0.00398. The van der Waals surface area contributed by atoms with Gasteiger partial charge in [0.15, 0.2) is 5.82 Å². The second kappa shape index (κ2) is 9.82. The Hall–Kier alpha value is -3.43. The van der Waals surface area contributed by atoms with Crippen molar-refractivity contribution in [3.63, 3.8) is 0 Å². The molecule has 4 rings (SSSR count). The molecule has 0 atom stereocenters. The van der Waals surface area contributed by atoms with Crippen molar-refractivity contribution in [2.75, 3.05) is 32.7 Å². The number of hydrogen-bond acceptors (Lipinski definition) is 7. The van der Waals surface area contributed by atoms with Crippen LogP contribution in [0.3, 0.4) is 0 Å². The molecule has 1 fully saturated rings. The fourth-order valence-corrected chi connectivity index (χ4v) is 4.37. The highest BCUT2D eigenvalue weighted by Gasteiger charge is 2.21. The lowest BCUT2D eigenvalue weighted by Gasteiger charge is -2.34. The van der Waals surface area contributed by atoms with E-state index in [4.69, 9.17) is 5.73 Å². The maximum Gasteiger partial charge on any atom is 0.236 e. The molecule has 1 aromatic heterocycles. The Morgan fingerprint density at radius 2 is 1.71 bits per heavy atom. The molecule has 1 saturated heterocycles. The topological polar surface area (TPSA) is 121 Å². The van der Waals surface area contributed by atoms with E-state index >= 15 is 0 Å². The summed E-state index contributed by atoms with van der Waals surface area (Å²) in [5.74, 6) is 1.33. The highest BCUT2D eigenvalue weighted by atomic mass is 16.3. The normalized spacial score (nSPS) is 14.7. The molecule has 2 aromatic carbocycles. The number of benzene rings is 2. The molecule has 3 aromatic rings. The molecule has 9 heteroatoms. The first-order valence-corrected chi connectivity index (χ1v) is 11.6. The second-order valence-corrected chi connectivity index (χ2v) is 9.02. The molecular weight excluding hydrogens is 432 g/mol. The van der Waals surface area contributed by atoms with Crippen molar-refractivity contribution < 1.29 is 15.0 Å². The fourth-order valence-electron chi connectivity index (χ4n) is 4.37. The highest BCUT2D eigenvalue weighted by Crippen LogP contribution is 2.38. The smallest absolute Gasteiger partial charge is 0.236 e. The molecule has 180 valence electrons. The standard InChI is InChI=1S/C25H32N6O3/c1-16(2)20-12-21(23(33)13-22(20)32)25-28-27-17(3)31(25)19-6-4-18(5-7-19)15-29-8-10-30(11-9-29)24(34)14-26/h4-7,12-13,16,32-33H,8-11,14-15,26H2,1-3H3. The Morgan fingerprint density at radius 1 is 1.03 bits per heavy atom. The van der Waals surface area contributed by atoms with Crippen LogP contribution in [-0.2, 0) is 11.3 Å². The number of amides is 1. The first-order chi connectivity index (χ1) is 16.3. The lowest BCUT2D eigenvalue weighted by molar-refractivity contribution is -0.131. The third-order valence-corrected chi connectivity index (χ3v) is 6.33. The van der Waals surface area contributed by atoms with Gasteiger partial charge in [-0.3, -0.25) is 14.3 Å². The molecule has 2 heterocycles. The van der Waals surface area contributed by atoms with Gasteiger partial charge in [0, 0.05) is 44.5 Å². The number of nitrogens with zero attached hydrogens (tertiary/aromatic N) is 5. The van der Waals surface area contributed by atoms with Gasteiger partial charge in [-0.05, 0) is 42.2 Å². The van der Waals surface area contributed by atoms with Crippen LogP contribution in [0.25, 0.3) is 17.1 Å². The van der Waals surface area contributed by atoms with Crippen molar-refractivity contribution in [1.29, 1.82) is 0 Å². The zero-order valence-electron chi connectivity index (χ0n) is 19.9. The molecule has 0 aliphatic carbocycles. The average Bonchev–Trinajstić information content (AvgIpc) is 3.20. The van der Waals surface area contributed by atoms with E-state index in [9.17, 15) is 15.0 Å². The summed E-state index contributed by atoms with van der Waals surface area (Å²) in [6.45, 7) is 9.75. The predicted molar refractivity (Wildman–Crippen MR) is 130 cm³/mol. The molecular formula is C25H32N6O3. The zero-order valence-corrected chi connectivity index (χ0v) is 19.9. The summed E-state index contributed by atoms with van der Waals surface area (Å²) in [4.78, 5) is 15.9. The van der Waals surface area contributed by atoms with Gasteiger partial charge in [-0.25, -0.2) is 0 Å². The van der Waals surface area contributed by atoms with E-state index in [-0.39, 0.29) is 29.9 Å². The SMILES string of the molecule is Cc1nnc(-c2cc(C(C)C)c(O)cc2O)n1-c1ccc(CN2CCN(C(=O)CN)CC2)cc1. The minimum atomic E-state index is -0.0422. The number of aromatic nitrogens is 3. The molecule has 1 aliphatic rings. The third-order valence-electron chi connectivity index (χ3n) is 6.33. The second-order valence-electron chi connectivity index (χ2n) is 9.02.